The highest BCUT2D eigenvalue weighted by Crippen LogP contribution is 2.32. The third kappa shape index (κ3) is 6.69. The van der Waals surface area contributed by atoms with Crippen molar-refractivity contribution < 1.29 is 28.7 Å². The number of imide groups is 1. The normalized spacial score (nSPS) is 14.7. The monoisotopic (exact) mass is 468 g/mol. The number of hydrogen-bond donors (Lipinski definition) is 1. The van der Waals surface area contributed by atoms with Crippen molar-refractivity contribution in [2.45, 2.75) is 26.9 Å². The molecule has 9 heteroatoms. The maximum Gasteiger partial charge on any atom is 0.326 e. The molecule has 0 aliphatic carbocycles. The van der Waals surface area contributed by atoms with Crippen LogP contribution in [0.25, 0.3) is 6.08 Å². The van der Waals surface area contributed by atoms with Crippen LogP contribution in [0, 0.1) is 6.92 Å². The van der Waals surface area contributed by atoms with Crippen LogP contribution in [0.3, 0.4) is 0 Å². The molecule has 0 saturated carbocycles. The Kier molecular flexibility index (Phi) is 7.89. The molecule has 3 amide bonds. The number of para-hydroxylation sites is 1. The highest BCUT2D eigenvalue weighted by atomic mass is 32.2. The first-order valence-corrected chi connectivity index (χ1v) is 11.1. The number of esters is 1. The average molecular weight is 469 g/mol. The van der Waals surface area contributed by atoms with Gasteiger partial charge >= 0.3 is 5.97 Å². The molecule has 1 N–H and O–H groups in total. The van der Waals surface area contributed by atoms with E-state index in [1.54, 1.807) is 44.2 Å². The molecule has 3 rings (SSSR count). The second kappa shape index (κ2) is 10.8. The summed E-state index contributed by atoms with van der Waals surface area (Å²) in [7, 11) is 0. The van der Waals surface area contributed by atoms with Gasteiger partial charge in [-0.05, 0) is 67.9 Å². The molecular formula is C24H24N2O6S. The fourth-order valence-corrected chi connectivity index (χ4v) is 3.76. The van der Waals surface area contributed by atoms with Gasteiger partial charge in [0.2, 0.25) is 0 Å². The van der Waals surface area contributed by atoms with Gasteiger partial charge in [0.15, 0.2) is 6.61 Å². The van der Waals surface area contributed by atoms with Crippen molar-refractivity contribution in [3.63, 3.8) is 0 Å². The Balaban J connectivity index is 1.56. The Morgan fingerprint density at radius 3 is 2.45 bits per heavy atom. The van der Waals surface area contributed by atoms with Crippen LogP contribution >= 0.6 is 11.8 Å². The molecule has 1 saturated heterocycles. The van der Waals surface area contributed by atoms with E-state index in [1.807, 2.05) is 31.2 Å². The molecule has 1 fully saturated rings. The van der Waals surface area contributed by atoms with Crippen LogP contribution in [0.2, 0.25) is 0 Å². The molecule has 0 radical (unpaired) electrons. The minimum Gasteiger partial charge on any atom is -0.484 e. The molecule has 1 aliphatic heterocycles. The Morgan fingerprint density at radius 1 is 1.09 bits per heavy atom. The van der Waals surface area contributed by atoms with Gasteiger partial charge in [0.1, 0.15) is 12.3 Å². The topological polar surface area (TPSA) is 102 Å². The maximum absolute atomic E-state index is 12.5. The molecule has 0 atom stereocenters. The van der Waals surface area contributed by atoms with Crippen molar-refractivity contribution in [1.82, 2.24) is 4.90 Å². The van der Waals surface area contributed by atoms with E-state index in [0.717, 1.165) is 27.9 Å². The summed E-state index contributed by atoms with van der Waals surface area (Å²) >= 11 is 0.764. The first-order chi connectivity index (χ1) is 15.7. The van der Waals surface area contributed by atoms with Crippen molar-refractivity contribution >= 4 is 46.5 Å². The number of ether oxygens (including phenoxy) is 2. The van der Waals surface area contributed by atoms with E-state index in [-0.39, 0.29) is 23.5 Å². The predicted octanol–water partition coefficient (Wildman–Crippen LogP) is 4.00. The molecule has 0 spiro atoms. The Hall–Kier alpha value is -3.59. The highest BCUT2D eigenvalue weighted by molar-refractivity contribution is 8.18. The van der Waals surface area contributed by atoms with E-state index in [4.69, 9.17) is 9.47 Å². The van der Waals surface area contributed by atoms with Crippen molar-refractivity contribution in [2.24, 2.45) is 0 Å². The summed E-state index contributed by atoms with van der Waals surface area (Å²) in [6.45, 7) is 4.71. The number of benzene rings is 2. The number of anilines is 1. The molecule has 33 heavy (non-hydrogen) atoms. The zero-order chi connectivity index (χ0) is 24.0. The summed E-state index contributed by atoms with van der Waals surface area (Å²) < 4.78 is 10.5. The van der Waals surface area contributed by atoms with Gasteiger partial charge in [-0.25, -0.2) is 0 Å². The maximum atomic E-state index is 12.5. The van der Waals surface area contributed by atoms with E-state index in [1.165, 1.54) is 0 Å². The van der Waals surface area contributed by atoms with Gasteiger partial charge < -0.3 is 14.8 Å². The Bertz CT molecular complexity index is 1090. The lowest BCUT2D eigenvalue weighted by Gasteiger charge is -2.13. The largest absolute Gasteiger partial charge is 0.484 e. The number of hydrogen-bond acceptors (Lipinski definition) is 7. The lowest BCUT2D eigenvalue weighted by Crippen LogP contribution is -2.35. The van der Waals surface area contributed by atoms with Gasteiger partial charge in [-0.3, -0.25) is 24.1 Å². The quantitative estimate of drug-likeness (QED) is 0.461. The van der Waals surface area contributed by atoms with Crippen molar-refractivity contribution in [1.29, 1.82) is 0 Å². The van der Waals surface area contributed by atoms with Gasteiger partial charge in [0.25, 0.3) is 17.1 Å². The number of carbonyl (C=O) groups excluding carboxylic acids is 4. The second-order valence-electron chi connectivity index (χ2n) is 7.53. The van der Waals surface area contributed by atoms with Gasteiger partial charge in [0, 0.05) is 5.69 Å². The Morgan fingerprint density at radius 2 is 1.79 bits per heavy atom. The first-order valence-electron chi connectivity index (χ1n) is 10.3. The number of thioether (sulfide) groups is 1. The van der Waals surface area contributed by atoms with Crippen LogP contribution < -0.4 is 10.1 Å². The number of nitrogens with one attached hydrogen (secondary N) is 1. The molecule has 0 aromatic heterocycles. The minimum absolute atomic E-state index is 0.154. The third-order valence-corrected chi connectivity index (χ3v) is 5.40. The SMILES string of the molecule is Cc1ccccc1NC(=O)COc1ccc(/C=C2\SC(=O)N(CC(=O)OC(C)C)C2=O)cc1. The molecule has 172 valence electrons. The number of carbonyl (C=O) groups is 4. The smallest absolute Gasteiger partial charge is 0.326 e. The number of aryl methyl sites for hydroxylation is 1. The van der Waals surface area contributed by atoms with E-state index in [9.17, 15) is 19.2 Å². The third-order valence-electron chi connectivity index (χ3n) is 4.49. The van der Waals surface area contributed by atoms with E-state index in [0.29, 0.717) is 11.3 Å². The summed E-state index contributed by atoms with van der Waals surface area (Å²) in [6.07, 6.45) is 1.23. The molecule has 1 aliphatic rings. The zero-order valence-electron chi connectivity index (χ0n) is 18.5. The molecule has 2 aromatic carbocycles. The van der Waals surface area contributed by atoms with Gasteiger partial charge in [0.05, 0.1) is 11.0 Å². The van der Waals surface area contributed by atoms with Gasteiger partial charge in [-0.1, -0.05) is 30.3 Å². The minimum atomic E-state index is -0.637. The second-order valence-corrected chi connectivity index (χ2v) is 8.52. The van der Waals surface area contributed by atoms with Crippen LogP contribution in [-0.4, -0.2) is 47.2 Å². The summed E-state index contributed by atoms with van der Waals surface area (Å²) in [5, 5.41) is 2.27. The molecular weight excluding hydrogens is 444 g/mol. The average Bonchev–Trinajstić information content (AvgIpc) is 3.01. The number of nitrogens with zero attached hydrogens (tertiary/aromatic N) is 1. The summed E-state index contributed by atoms with van der Waals surface area (Å²) in [5.74, 6) is -0.977. The summed E-state index contributed by atoms with van der Waals surface area (Å²) in [4.78, 5) is 49.6. The molecule has 0 bridgehead atoms. The van der Waals surface area contributed by atoms with Gasteiger partial charge in [-0.2, -0.15) is 0 Å². The molecule has 8 nitrogen and oxygen atoms in total. The van der Waals surface area contributed by atoms with Crippen LogP contribution in [-0.2, 0) is 19.1 Å². The Labute approximate surface area is 195 Å². The fraction of sp³-hybridized carbons (Fsp3) is 0.250. The molecule has 1 heterocycles. The summed E-state index contributed by atoms with van der Waals surface area (Å²) in [6, 6.07) is 14.2. The summed E-state index contributed by atoms with van der Waals surface area (Å²) in [5.41, 5.74) is 2.35. The molecule has 2 aromatic rings. The number of rotatable bonds is 8. The van der Waals surface area contributed by atoms with E-state index >= 15 is 0 Å². The van der Waals surface area contributed by atoms with Crippen LogP contribution in [0.5, 0.6) is 5.75 Å². The van der Waals surface area contributed by atoms with Crippen LogP contribution in [0.1, 0.15) is 25.0 Å². The van der Waals surface area contributed by atoms with Crippen molar-refractivity contribution in [3.8, 4) is 5.75 Å². The van der Waals surface area contributed by atoms with Crippen molar-refractivity contribution in [3.05, 3.63) is 64.6 Å². The highest BCUT2D eigenvalue weighted by Gasteiger charge is 2.36. The number of amides is 3. The van der Waals surface area contributed by atoms with E-state index in [2.05, 4.69) is 5.32 Å². The zero-order valence-corrected chi connectivity index (χ0v) is 19.3. The van der Waals surface area contributed by atoms with Crippen LogP contribution in [0.4, 0.5) is 10.5 Å². The van der Waals surface area contributed by atoms with E-state index < -0.39 is 23.7 Å². The predicted molar refractivity (Wildman–Crippen MR) is 126 cm³/mol. The lowest BCUT2D eigenvalue weighted by molar-refractivity contribution is -0.149. The molecule has 0 unspecified atom stereocenters. The van der Waals surface area contributed by atoms with Crippen molar-refractivity contribution in [2.75, 3.05) is 18.5 Å². The lowest BCUT2D eigenvalue weighted by atomic mass is 10.2. The first kappa shape index (κ1) is 24.1. The fourth-order valence-electron chi connectivity index (χ4n) is 2.93. The standard InChI is InChI=1S/C24H24N2O6S/c1-15(2)32-22(28)13-26-23(29)20(33-24(26)30)12-17-8-10-18(11-9-17)31-14-21(27)25-19-7-5-4-6-16(19)3/h4-12,15H,13-14H2,1-3H3,(H,25,27)/b20-12-. The van der Waals surface area contributed by atoms with Gasteiger partial charge in [-0.15, -0.1) is 0 Å². The van der Waals surface area contributed by atoms with Crippen LogP contribution in [0.15, 0.2) is 53.4 Å².